The zero-order valence-corrected chi connectivity index (χ0v) is 16.9. The highest BCUT2D eigenvalue weighted by Crippen LogP contribution is 2.51. The number of hydrogen-bond acceptors (Lipinski definition) is 4. The first kappa shape index (κ1) is 18.8. The van der Waals surface area contributed by atoms with Gasteiger partial charge in [0.15, 0.2) is 0 Å². The number of benzene rings is 1. The quantitative estimate of drug-likeness (QED) is 0.702. The molecule has 1 N–H and O–H groups in total. The third-order valence-corrected chi connectivity index (χ3v) is 6.95. The second-order valence-electron chi connectivity index (χ2n) is 8.47. The Kier molecular flexibility index (Phi) is 4.69. The fraction of sp³-hybridized carbons (Fsp3) is 0.391. The molecule has 0 unspecified atom stereocenters. The lowest BCUT2D eigenvalue weighted by atomic mass is 9.70. The van der Waals surface area contributed by atoms with Crippen molar-refractivity contribution in [3.63, 3.8) is 0 Å². The van der Waals surface area contributed by atoms with Crippen molar-refractivity contribution in [3.05, 3.63) is 81.4 Å². The number of hydrogen-bond donors (Lipinski definition) is 1. The minimum Gasteiger partial charge on any atom is -0.396 e. The molecular formula is C23H24ClN3O2. The van der Waals surface area contributed by atoms with E-state index in [1.807, 2.05) is 6.07 Å². The molecule has 3 aromatic rings. The molecule has 3 atom stereocenters. The van der Waals surface area contributed by atoms with Crippen LogP contribution in [0, 0.1) is 5.41 Å². The zero-order chi connectivity index (χ0) is 20.0. The predicted octanol–water partition coefficient (Wildman–Crippen LogP) is 3.31. The van der Waals surface area contributed by atoms with E-state index in [2.05, 4.69) is 29.2 Å². The lowest BCUT2D eigenvalue weighted by Gasteiger charge is -2.36. The molecule has 0 radical (unpaired) electrons. The summed E-state index contributed by atoms with van der Waals surface area (Å²) in [5, 5.41) is 10.9. The molecule has 0 aliphatic carbocycles. The van der Waals surface area contributed by atoms with Crippen molar-refractivity contribution in [2.75, 3.05) is 6.61 Å². The summed E-state index contributed by atoms with van der Waals surface area (Å²) in [7, 11) is 0. The molecule has 4 heterocycles. The summed E-state index contributed by atoms with van der Waals surface area (Å²) in [6.45, 7) is 0.826. The maximum absolute atomic E-state index is 12.5. The molecule has 0 amide bonds. The lowest BCUT2D eigenvalue weighted by molar-refractivity contribution is 0.0748. The minimum atomic E-state index is -0.121. The van der Waals surface area contributed by atoms with Crippen LogP contribution >= 0.6 is 11.6 Å². The molecule has 2 aliphatic rings. The van der Waals surface area contributed by atoms with Gasteiger partial charge < -0.3 is 5.11 Å². The van der Waals surface area contributed by atoms with Crippen LogP contribution in [0.2, 0.25) is 5.02 Å². The topological polar surface area (TPSA) is 57.8 Å². The fourth-order valence-corrected chi connectivity index (χ4v) is 5.63. The maximum Gasteiger partial charge on any atom is 0.258 e. The van der Waals surface area contributed by atoms with E-state index in [-0.39, 0.29) is 17.6 Å². The average molecular weight is 410 g/mol. The fourth-order valence-electron chi connectivity index (χ4n) is 5.47. The summed E-state index contributed by atoms with van der Waals surface area (Å²) < 4.78 is 1.48. The van der Waals surface area contributed by atoms with Crippen LogP contribution in [-0.4, -0.2) is 38.1 Å². The van der Waals surface area contributed by atoms with Gasteiger partial charge in [-0.25, -0.2) is 4.98 Å². The molecule has 6 heteroatoms. The Labute approximate surface area is 174 Å². The zero-order valence-electron chi connectivity index (χ0n) is 16.2. The Morgan fingerprint density at radius 2 is 2.00 bits per heavy atom. The number of rotatable bonds is 5. The number of aliphatic hydroxyl groups is 1. The van der Waals surface area contributed by atoms with Gasteiger partial charge in [0.05, 0.1) is 17.3 Å². The molecule has 29 heavy (non-hydrogen) atoms. The van der Waals surface area contributed by atoms with Gasteiger partial charge in [0.25, 0.3) is 5.56 Å². The largest absolute Gasteiger partial charge is 0.396 e. The Bertz CT molecular complexity index is 1100. The van der Waals surface area contributed by atoms with Crippen LogP contribution in [0.5, 0.6) is 0 Å². The molecule has 5 rings (SSSR count). The Balaban J connectivity index is 1.43. The number of aromatic nitrogens is 2. The summed E-state index contributed by atoms with van der Waals surface area (Å²) in [5.74, 6) is 0. The molecule has 2 aliphatic heterocycles. The average Bonchev–Trinajstić information content (AvgIpc) is 3.24. The maximum atomic E-state index is 12.5. The smallest absolute Gasteiger partial charge is 0.258 e. The van der Waals surface area contributed by atoms with Gasteiger partial charge in [-0.05, 0) is 43.4 Å². The third kappa shape index (κ3) is 3.27. The van der Waals surface area contributed by atoms with Crippen LogP contribution in [0.25, 0.3) is 5.65 Å². The second kappa shape index (κ2) is 7.24. The van der Waals surface area contributed by atoms with E-state index in [1.165, 1.54) is 9.96 Å². The molecule has 0 spiro atoms. The summed E-state index contributed by atoms with van der Waals surface area (Å²) in [6.07, 6.45) is 5.70. The Morgan fingerprint density at radius 3 is 2.79 bits per heavy atom. The van der Waals surface area contributed by atoms with E-state index in [0.29, 0.717) is 29.3 Å². The predicted molar refractivity (Wildman–Crippen MR) is 113 cm³/mol. The number of nitrogens with zero attached hydrogens (tertiary/aromatic N) is 3. The molecule has 5 nitrogen and oxygen atoms in total. The summed E-state index contributed by atoms with van der Waals surface area (Å²) in [4.78, 5) is 19.7. The van der Waals surface area contributed by atoms with Crippen LogP contribution < -0.4 is 5.56 Å². The highest BCUT2D eigenvalue weighted by molar-refractivity contribution is 6.30. The lowest BCUT2D eigenvalue weighted by Crippen LogP contribution is -2.41. The van der Waals surface area contributed by atoms with Gasteiger partial charge in [0, 0.05) is 36.3 Å². The molecule has 2 saturated heterocycles. The van der Waals surface area contributed by atoms with Gasteiger partial charge in [-0.3, -0.25) is 14.1 Å². The Hall–Kier alpha value is -2.21. The van der Waals surface area contributed by atoms with Crippen molar-refractivity contribution in [2.24, 2.45) is 5.41 Å². The normalized spacial score (nSPS) is 26.4. The minimum absolute atomic E-state index is 0.114. The van der Waals surface area contributed by atoms with Gasteiger partial charge in [-0.15, -0.1) is 0 Å². The van der Waals surface area contributed by atoms with Crippen molar-refractivity contribution in [2.45, 2.75) is 44.3 Å². The third-order valence-electron chi connectivity index (χ3n) is 6.73. The van der Waals surface area contributed by atoms with Gasteiger partial charge >= 0.3 is 0 Å². The van der Waals surface area contributed by atoms with Gasteiger partial charge in [0.2, 0.25) is 0 Å². The molecule has 2 bridgehead atoms. The molecule has 2 aromatic heterocycles. The number of pyridine rings is 1. The van der Waals surface area contributed by atoms with Crippen molar-refractivity contribution >= 4 is 17.2 Å². The van der Waals surface area contributed by atoms with Gasteiger partial charge in [0.1, 0.15) is 5.65 Å². The van der Waals surface area contributed by atoms with E-state index in [1.54, 1.807) is 24.4 Å². The molecule has 150 valence electrons. The number of halogens is 1. The molecule has 0 saturated carbocycles. The number of fused-ring (bicyclic) bond motifs is 3. The van der Waals surface area contributed by atoms with E-state index in [9.17, 15) is 9.90 Å². The van der Waals surface area contributed by atoms with Gasteiger partial charge in [-0.1, -0.05) is 41.9 Å². The summed E-state index contributed by atoms with van der Waals surface area (Å²) >= 11 is 6.01. The standard InChI is InChI=1S/C23H24ClN3O2/c24-17-6-9-21-25-18(10-22(29)27(21)13-17)14-26-19-7-8-20(26)23(12-19,15-28)11-16-4-2-1-3-5-16/h1-6,9-10,13,19-20,28H,7-8,11-12,14-15H2/t19-,20+,23-/m1/s1. The van der Waals surface area contributed by atoms with Gasteiger partial charge in [-0.2, -0.15) is 0 Å². The first-order chi connectivity index (χ1) is 14.1. The molecular weight excluding hydrogens is 386 g/mol. The first-order valence-electron chi connectivity index (χ1n) is 10.2. The van der Waals surface area contributed by atoms with E-state index in [4.69, 9.17) is 16.6 Å². The van der Waals surface area contributed by atoms with E-state index in [0.717, 1.165) is 31.4 Å². The van der Waals surface area contributed by atoms with Crippen LogP contribution in [0.4, 0.5) is 0 Å². The highest BCUT2D eigenvalue weighted by atomic mass is 35.5. The number of aliphatic hydroxyl groups excluding tert-OH is 1. The van der Waals surface area contributed by atoms with Crippen molar-refractivity contribution in [1.82, 2.24) is 14.3 Å². The van der Waals surface area contributed by atoms with E-state index >= 15 is 0 Å². The van der Waals surface area contributed by atoms with Crippen LogP contribution in [0.1, 0.15) is 30.5 Å². The molecule has 2 fully saturated rings. The van der Waals surface area contributed by atoms with Crippen molar-refractivity contribution in [1.29, 1.82) is 0 Å². The summed E-state index contributed by atoms with van der Waals surface area (Å²) in [6, 6.07) is 16.3. The monoisotopic (exact) mass is 409 g/mol. The molecule has 1 aromatic carbocycles. The van der Waals surface area contributed by atoms with Crippen LogP contribution in [0.15, 0.2) is 59.5 Å². The Morgan fingerprint density at radius 1 is 1.17 bits per heavy atom. The van der Waals surface area contributed by atoms with Crippen molar-refractivity contribution in [3.8, 4) is 0 Å². The summed E-state index contributed by atoms with van der Waals surface area (Å²) in [5.41, 5.74) is 2.43. The second-order valence-corrected chi connectivity index (χ2v) is 8.90. The highest BCUT2D eigenvalue weighted by Gasteiger charge is 2.55. The van der Waals surface area contributed by atoms with Crippen LogP contribution in [-0.2, 0) is 13.0 Å². The SMILES string of the molecule is O=c1cc(CN2[C@@H]3CC[C@H]2[C@](CO)(Cc2ccccc2)C3)nc2ccc(Cl)cn12. The van der Waals surface area contributed by atoms with Crippen LogP contribution in [0.3, 0.4) is 0 Å². The first-order valence-corrected chi connectivity index (χ1v) is 10.5. The van der Waals surface area contributed by atoms with Crippen molar-refractivity contribution < 1.29 is 5.11 Å². The van der Waals surface area contributed by atoms with E-state index < -0.39 is 0 Å².